The van der Waals surface area contributed by atoms with E-state index in [2.05, 4.69) is 21.2 Å². The molecule has 3 aromatic carbocycles. The summed E-state index contributed by atoms with van der Waals surface area (Å²) in [5.41, 5.74) is 2.37. The third-order valence-corrected chi connectivity index (χ3v) is 9.83. The molecule has 0 aliphatic carbocycles. The molecule has 1 saturated heterocycles. The maximum atomic E-state index is 14.6. The van der Waals surface area contributed by atoms with Crippen LogP contribution in [0.15, 0.2) is 94.9 Å². The smallest absolute Gasteiger partial charge is 0.238 e. The lowest BCUT2D eigenvalue weighted by molar-refractivity contribution is -0.122. The van der Waals surface area contributed by atoms with Gasteiger partial charge in [0.25, 0.3) is 0 Å². The van der Waals surface area contributed by atoms with Crippen molar-refractivity contribution < 1.29 is 19.1 Å². The van der Waals surface area contributed by atoms with Crippen molar-refractivity contribution in [3.63, 3.8) is 0 Å². The molecule has 3 aliphatic rings. The molecule has 4 atom stereocenters. The van der Waals surface area contributed by atoms with Gasteiger partial charge in [-0.3, -0.25) is 14.4 Å². The van der Waals surface area contributed by atoms with Crippen molar-refractivity contribution in [1.82, 2.24) is 4.90 Å². The Hall–Kier alpha value is -4.01. The van der Waals surface area contributed by atoms with E-state index in [0.29, 0.717) is 26.4 Å². The molecule has 1 amide bonds. The number of ketones is 2. The number of ether oxygens (including phenoxy) is 1. The number of para-hydroxylation sites is 1. The molecule has 0 radical (unpaired) electrons. The fourth-order valence-electron chi connectivity index (χ4n) is 6.73. The number of hydrogen-bond acceptors (Lipinski definition) is 6. The molecule has 198 valence electrons. The molecule has 40 heavy (non-hydrogen) atoms. The molecule has 6 nitrogen and oxygen atoms in total. The second kappa shape index (κ2) is 9.28. The van der Waals surface area contributed by atoms with Crippen LogP contribution in [0.25, 0.3) is 6.08 Å². The van der Waals surface area contributed by atoms with Crippen LogP contribution in [-0.4, -0.2) is 35.5 Å². The van der Waals surface area contributed by atoms with Gasteiger partial charge in [-0.25, -0.2) is 0 Å². The monoisotopic (exact) mass is 610 g/mol. The Morgan fingerprint density at radius 1 is 1.00 bits per heavy atom. The second-order valence-electron chi connectivity index (χ2n) is 10.1. The number of rotatable bonds is 5. The molecule has 8 heteroatoms. The summed E-state index contributed by atoms with van der Waals surface area (Å²) in [7, 11) is 1.56. The minimum absolute atomic E-state index is 0.215. The van der Waals surface area contributed by atoms with Crippen molar-refractivity contribution in [3.8, 4) is 5.75 Å². The largest absolute Gasteiger partial charge is 0.496 e. The van der Waals surface area contributed by atoms with Gasteiger partial charge < -0.3 is 15.0 Å². The van der Waals surface area contributed by atoms with Crippen molar-refractivity contribution in [2.75, 3.05) is 12.4 Å². The number of nitrogens with zero attached hydrogens (tertiary/aromatic N) is 1. The average Bonchev–Trinajstić information content (AvgIpc) is 3.69. The Bertz CT molecular complexity index is 1730. The standard InChI is InChI=1S/C32H23BrN2O4S/c1-39-24-13-12-19(17-22(24)33)28(36)27-26(29(37)25-11-6-16-40-25)32(21-9-4-5-10-23(21)34-31(32)38)30-20-8-3-2-7-18(20)14-15-35(27)30/h2-17,26-27,30H,1H3,(H,34,38)/t26-,27+,30+,32-/m1/s1. The van der Waals surface area contributed by atoms with Crippen LogP contribution in [0.4, 0.5) is 5.69 Å². The molecule has 0 unspecified atom stereocenters. The first-order chi connectivity index (χ1) is 19.5. The first-order valence-corrected chi connectivity index (χ1v) is 14.5. The molecule has 0 bridgehead atoms. The Balaban J connectivity index is 1.52. The van der Waals surface area contributed by atoms with Crippen LogP contribution in [0.2, 0.25) is 0 Å². The summed E-state index contributed by atoms with van der Waals surface area (Å²) < 4.78 is 6.02. The molecular formula is C32H23BrN2O4S. The second-order valence-corrected chi connectivity index (χ2v) is 11.9. The Labute approximate surface area is 243 Å². The van der Waals surface area contributed by atoms with Crippen LogP contribution >= 0.6 is 27.3 Å². The molecule has 4 aromatic rings. The van der Waals surface area contributed by atoms with E-state index in [1.165, 1.54) is 11.3 Å². The first-order valence-electron chi connectivity index (χ1n) is 12.9. The Morgan fingerprint density at radius 2 is 1.80 bits per heavy atom. The maximum absolute atomic E-state index is 14.6. The number of thiophene rings is 1. The molecule has 7 rings (SSSR count). The van der Waals surface area contributed by atoms with Crippen molar-refractivity contribution in [2.24, 2.45) is 5.92 Å². The molecule has 1 N–H and O–H groups in total. The van der Waals surface area contributed by atoms with E-state index >= 15 is 0 Å². The van der Waals surface area contributed by atoms with E-state index in [1.54, 1.807) is 31.4 Å². The number of Topliss-reactive ketones (excluding diaryl/α,β-unsaturated/α-hetero) is 2. The zero-order valence-electron chi connectivity index (χ0n) is 21.3. The fourth-order valence-corrected chi connectivity index (χ4v) is 7.97. The van der Waals surface area contributed by atoms with Crippen molar-refractivity contribution >= 4 is 56.5 Å². The lowest BCUT2D eigenvalue weighted by atomic mass is 9.63. The van der Waals surface area contributed by atoms with Gasteiger partial charge in [0.05, 0.1) is 28.4 Å². The summed E-state index contributed by atoms with van der Waals surface area (Å²) in [6.07, 6.45) is 3.84. The molecule has 0 saturated carbocycles. The highest BCUT2D eigenvalue weighted by molar-refractivity contribution is 9.10. The zero-order valence-corrected chi connectivity index (χ0v) is 23.7. The summed E-state index contributed by atoms with van der Waals surface area (Å²) in [5, 5.41) is 4.92. The number of halogens is 1. The van der Waals surface area contributed by atoms with Gasteiger partial charge in [-0.1, -0.05) is 48.5 Å². The number of methoxy groups -OCH3 is 1. The molecule has 1 aromatic heterocycles. The predicted octanol–water partition coefficient (Wildman–Crippen LogP) is 6.50. The van der Waals surface area contributed by atoms with Crippen LogP contribution in [0.1, 0.15) is 42.8 Å². The number of anilines is 1. The summed E-state index contributed by atoms with van der Waals surface area (Å²) in [6.45, 7) is 0. The number of fused-ring (bicyclic) bond motifs is 6. The lowest BCUT2D eigenvalue weighted by Gasteiger charge is -2.38. The number of carbonyl (C=O) groups excluding carboxylic acids is 3. The van der Waals surface area contributed by atoms with Gasteiger partial charge in [-0.2, -0.15) is 0 Å². The van der Waals surface area contributed by atoms with Gasteiger partial charge in [0.1, 0.15) is 17.2 Å². The van der Waals surface area contributed by atoms with E-state index in [4.69, 9.17) is 4.74 Å². The van der Waals surface area contributed by atoms with E-state index in [1.807, 2.05) is 77.2 Å². The average molecular weight is 612 g/mol. The van der Waals surface area contributed by atoms with E-state index in [9.17, 15) is 14.4 Å². The third-order valence-electron chi connectivity index (χ3n) is 8.32. The van der Waals surface area contributed by atoms with E-state index in [0.717, 1.165) is 16.7 Å². The minimum Gasteiger partial charge on any atom is -0.496 e. The Morgan fingerprint density at radius 3 is 2.58 bits per heavy atom. The number of benzene rings is 3. The van der Waals surface area contributed by atoms with Crippen LogP contribution in [0.5, 0.6) is 5.75 Å². The summed E-state index contributed by atoms with van der Waals surface area (Å²) in [6, 6.07) is 22.7. The summed E-state index contributed by atoms with van der Waals surface area (Å²) >= 11 is 4.83. The van der Waals surface area contributed by atoms with Gasteiger partial charge in [0, 0.05) is 17.5 Å². The predicted molar refractivity (Wildman–Crippen MR) is 158 cm³/mol. The summed E-state index contributed by atoms with van der Waals surface area (Å²) in [5.74, 6) is -1.10. The molecule has 1 fully saturated rings. The first kappa shape index (κ1) is 25.0. The fraction of sp³-hybridized carbons (Fsp3) is 0.156. The highest BCUT2D eigenvalue weighted by Crippen LogP contribution is 2.62. The number of hydrogen-bond donors (Lipinski definition) is 1. The van der Waals surface area contributed by atoms with Crippen LogP contribution in [-0.2, 0) is 10.2 Å². The molecule has 3 aliphatic heterocycles. The van der Waals surface area contributed by atoms with Crippen molar-refractivity contribution in [2.45, 2.75) is 17.5 Å². The molecular weight excluding hydrogens is 588 g/mol. The minimum atomic E-state index is -1.33. The highest BCUT2D eigenvalue weighted by Gasteiger charge is 2.70. The maximum Gasteiger partial charge on any atom is 0.238 e. The van der Waals surface area contributed by atoms with Gasteiger partial charge >= 0.3 is 0 Å². The molecule has 4 heterocycles. The summed E-state index contributed by atoms with van der Waals surface area (Å²) in [4.78, 5) is 46.0. The quantitative estimate of drug-likeness (QED) is 0.261. The topological polar surface area (TPSA) is 75.7 Å². The van der Waals surface area contributed by atoms with Crippen LogP contribution < -0.4 is 10.1 Å². The van der Waals surface area contributed by atoms with Gasteiger partial charge in [0.15, 0.2) is 11.6 Å². The molecule has 1 spiro atoms. The van der Waals surface area contributed by atoms with Crippen LogP contribution in [0.3, 0.4) is 0 Å². The SMILES string of the molecule is COc1ccc(C(=O)[C@@H]2[C@H](C(=O)c3cccs3)[C@@]3(C(=O)Nc4ccccc43)[C@@H]3c4ccccc4C=CN23)cc1Br. The van der Waals surface area contributed by atoms with Crippen molar-refractivity contribution in [1.29, 1.82) is 0 Å². The Kier molecular flexibility index (Phi) is 5.80. The van der Waals surface area contributed by atoms with E-state index < -0.39 is 23.4 Å². The van der Waals surface area contributed by atoms with E-state index in [-0.39, 0.29) is 17.5 Å². The number of amides is 1. The van der Waals surface area contributed by atoms with Crippen LogP contribution in [0, 0.1) is 5.92 Å². The van der Waals surface area contributed by atoms with Gasteiger partial charge in [-0.15, -0.1) is 11.3 Å². The third kappa shape index (κ3) is 3.36. The number of carbonyl (C=O) groups is 3. The zero-order chi connectivity index (χ0) is 27.6. The normalized spacial score (nSPS) is 23.9. The van der Waals surface area contributed by atoms with Gasteiger partial charge in [-0.05, 0) is 74.4 Å². The van der Waals surface area contributed by atoms with Crippen molar-refractivity contribution in [3.05, 3.63) is 122 Å². The lowest BCUT2D eigenvalue weighted by Crippen LogP contribution is -2.49. The highest BCUT2D eigenvalue weighted by atomic mass is 79.9. The number of nitrogens with one attached hydrogen (secondary N) is 1. The van der Waals surface area contributed by atoms with Gasteiger partial charge in [0.2, 0.25) is 5.91 Å².